The van der Waals surface area contributed by atoms with Gasteiger partial charge in [0.2, 0.25) is 0 Å². The Hall–Kier alpha value is -3.08. The molecule has 2 heterocycles. The van der Waals surface area contributed by atoms with Crippen LogP contribution in [0.25, 0.3) is 11.3 Å². The molecule has 0 atom stereocenters. The number of aromatic nitrogens is 1. The fourth-order valence-corrected chi connectivity index (χ4v) is 2.17. The zero-order valence-corrected chi connectivity index (χ0v) is 12.7. The molecule has 0 unspecified atom stereocenters. The van der Waals surface area contributed by atoms with Crippen LogP contribution in [0.2, 0.25) is 0 Å². The van der Waals surface area contributed by atoms with Crippen LogP contribution in [0, 0.1) is 6.92 Å². The second-order valence-electron chi connectivity index (χ2n) is 5.19. The number of amides is 2. The van der Waals surface area contributed by atoms with Gasteiger partial charge in [-0.15, -0.1) is 0 Å². The summed E-state index contributed by atoms with van der Waals surface area (Å²) in [5.74, 6) is 0. The molecule has 0 fully saturated rings. The molecule has 0 radical (unpaired) electrons. The van der Waals surface area contributed by atoms with Gasteiger partial charge in [-0.05, 0) is 36.2 Å². The number of carbonyl (C=O) groups is 1. The lowest BCUT2D eigenvalue weighted by Crippen LogP contribution is -2.28. The summed E-state index contributed by atoms with van der Waals surface area (Å²) >= 11 is 0. The van der Waals surface area contributed by atoms with Gasteiger partial charge in [-0.3, -0.25) is 4.98 Å². The molecule has 2 N–H and O–H groups in total. The van der Waals surface area contributed by atoms with Gasteiger partial charge in [0.15, 0.2) is 0 Å². The van der Waals surface area contributed by atoms with Crippen LogP contribution in [-0.4, -0.2) is 11.0 Å². The number of urea groups is 1. The van der Waals surface area contributed by atoms with Crippen molar-refractivity contribution in [2.24, 2.45) is 0 Å². The summed E-state index contributed by atoms with van der Waals surface area (Å²) < 4.78 is 5.04. The van der Waals surface area contributed by atoms with E-state index < -0.39 is 0 Å². The van der Waals surface area contributed by atoms with Gasteiger partial charge in [-0.1, -0.05) is 24.3 Å². The van der Waals surface area contributed by atoms with Crippen LogP contribution >= 0.6 is 0 Å². The molecule has 1 aromatic carbocycles. The number of rotatable bonds is 4. The molecule has 5 nitrogen and oxygen atoms in total. The highest BCUT2D eigenvalue weighted by Gasteiger charge is 2.05. The minimum absolute atomic E-state index is 0.238. The summed E-state index contributed by atoms with van der Waals surface area (Å²) in [6.07, 6.45) is 5.01. The number of furan rings is 1. The molecule has 5 heteroatoms. The molecular formula is C18H17N3O2. The Balaban J connectivity index is 1.56. The number of pyridine rings is 1. The SMILES string of the molecule is Cc1ccccc1NC(=O)NCc1ccc(-c2ccoc2)nc1. The molecule has 3 aromatic rings. The first-order valence-corrected chi connectivity index (χ1v) is 7.30. The fraction of sp³-hybridized carbons (Fsp3) is 0.111. The predicted molar refractivity (Wildman–Crippen MR) is 89.0 cm³/mol. The van der Waals surface area contributed by atoms with Gasteiger partial charge in [-0.25, -0.2) is 4.79 Å². The predicted octanol–water partition coefficient (Wildman–Crippen LogP) is 3.97. The second kappa shape index (κ2) is 6.79. The maximum absolute atomic E-state index is 11.9. The molecule has 0 aliphatic carbocycles. The first-order chi connectivity index (χ1) is 11.2. The molecule has 2 amide bonds. The lowest BCUT2D eigenvalue weighted by atomic mass is 10.2. The lowest BCUT2D eigenvalue weighted by molar-refractivity contribution is 0.251. The first-order valence-electron chi connectivity index (χ1n) is 7.30. The van der Waals surface area contributed by atoms with Gasteiger partial charge in [0.05, 0.1) is 18.2 Å². The summed E-state index contributed by atoms with van der Waals surface area (Å²) in [6.45, 7) is 2.37. The van der Waals surface area contributed by atoms with Crippen LogP contribution in [0.1, 0.15) is 11.1 Å². The maximum atomic E-state index is 11.9. The van der Waals surface area contributed by atoms with Crippen molar-refractivity contribution < 1.29 is 9.21 Å². The van der Waals surface area contributed by atoms with Crippen LogP contribution in [0.4, 0.5) is 10.5 Å². The maximum Gasteiger partial charge on any atom is 0.319 e. The van der Waals surface area contributed by atoms with Gasteiger partial charge in [0, 0.05) is 24.0 Å². The topological polar surface area (TPSA) is 67.2 Å². The van der Waals surface area contributed by atoms with E-state index in [1.807, 2.05) is 49.4 Å². The van der Waals surface area contributed by atoms with E-state index in [9.17, 15) is 4.79 Å². The molecule has 0 saturated heterocycles. The minimum Gasteiger partial charge on any atom is -0.472 e. The van der Waals surface area contributed by atoms with Gasteiger partial charge in [0.1, 0.15) is 0 Å². The van der Waals surface area contributed by atoms with Gasteiger partial charge >= 0.3 is 6.03 Å². The number of para-hydroxylation sites is 1. The van der Waals surface area contributed by atoms with Crippen molar-refractivity contribution in [3.63, 3.8) is 0 Å². The lowest BCUT2D eigenvalue weighted by Gasteiger charge is -2.09. The summed E-state index contributed by atoms with van der Waals surface area (Å²) in [7, 11) is 0. The third-order valence-electron chi connectivity index (χ3n) is 3.49. The van der Waals surface area contributed by atoms with Crippen LogP contribution in [0.3, 0.4) is 0 Å². The Morgan fingerprint density at radius 3 is 2.74 bits per heavy atom. The average Bonchev–Trinajstić information content (AvgIpc) is 3.10. The second-order valence-corrected chi connectivity index (χ2v) is 5.19. The number of nitrogens with zero attached hydrogens (tertiary/aromatic N) is 1. The van der Waals surface area contributed by atoms with E-state index in [2.05, 4.69) is 15.6 Å². The molecular weight excluding hydrogens is 290 g/mol. The van der Waals surface area contributed by atoms with Crippen LogP contribution in [0.5, 0.6) is 0 Å². The smallest absolute Gasteiger partial charge is 0.319 e. The van der Waals surface area contributed by atoms with Crippen molar-refractivity contribution in [2.45, 2.75) is 13.5 Å². The van der Waals surface area contributed by atoms with E-state index in [0.717, 1.165) is 28.1 Å². The molecule has 0 bridgehead atoms. The van der Waals surface area contributed by atoms with Crippen molar-refractivity contribution in [2.75, 3.05) is 5.32 Å². The van der Waals surface area contributed by atoms with Crippen LogP contribution < -0.4 is 10.6 Å². The molecule has 0 aliphatic heterocycles. The van der Waals surface area contributed by atoms with Crippen LogP contribution in [-0.2, 0) is 6.54 Å². The minimum atomic E-state index is -0.238. The van der Waals surface area contributed by atoms with Gasteiger partial charge in [-0.2, -0.15) is 0 Å². The Morgan fingerprint density at radius 1 is 1.17 bits per heavy atom. The Kier molecular flexibility index (Phi) is 4.38. The molecule has 0 aliphatic rings. The van der Waals surface area contributed by atoms with Crippen molar-refractivity contribution in [1.82, 2.24) is 10.3 Å². The summed E-state index contributed by atoms with van der Waals surface area (Å²) in [6, 6.07) is 13.1. The zero-order chi connectivity index (χ0) is 16.1. The molecule has 3 rings (SSSR count). The highest BCUT2D eigenvalue weighted by molar-refractivity contribution is 5.89. The van der Waals surface area contributed by atoms with E-state index in [4.69, 9.17) is 4.42 Å². The summed E-state index contributed by atoms with van der Waals surface area (Å²) in [4.78, 5) is 16.3. The highest BCUT2D eigenvalue weighted by atomic mass is 16.3. The van der Waals surface area contributed by atoms with Crippen molar-refractivity contribution in [3.8, 4) is 11.3 Å². The van der Waals surface area contributed by atoms with Crippen molar-refractivity contribution >= 4 is 11.7 Å². The highest BCUT2D eigenvalue weighted by Crippen LogP contribution is 2.17. The number of benzene rings is 1. The third kappa shape index (κ3) is 3.77. The number of nitrogens with one attached hydrogen (secondary N) is 2. The molecule has 116 valence electrons. The molecule has 2 aromatic heterocycles. The Labute approximate surface area is 134 Å². The quantitative estimate of drug-likeness (QED) is 0.766. The number of hydrogen-bond acceptors (Lipinski definition) is 3. The standard InChI is InChI=1S/C18H17N3O2/c1-13-4-2-3-5-16(13)21-18(22)20-11-14-6-7-17(19-10-14)15-8-9-23-12-15/h2-10,12H,11H2,1H3,(H2,20,21,22). The molecule has 0 saturated carbocycles. The first kappa shape index (κ1) is 14.8. The number of aryl methyl sites for hydroxylation is 1. The summed E-state index contributed by atoms with van der Waals surface area (Å²) in [5, 5.41) is 5.65. The average molecular weight is 307 g/mol. The van der Waals surface area contributed by atoms with E-state index in [1.165, 1.54) is 0 Å². The zero-order valence-electron chi connectivity index (χ0n) is 12.7. The van der Waals surface area contributed by atoms with E-state index >= 15 is 0 Å². The van der Waals surface area contributed by atoms with E-state index in [0.29, 0.717) is 6.54 Å². The Morgan fingerprint density at radius 2 is 2.04 bits per heavy atom. The summed E-state index contributed by atoms with van der Waals surface area (Å²) in [5.41, 5.74) is 4.53. The number of carbonyl (C=O) groups excluding carboxylic acids is 1. The van der Waals surface area contributed by atoms with Crippen molar-refractivity contribution in [3.05, 3.63) is 72.3 Å². The number of hydrogen-bond donors (Lipinski definition) is 2. The van der Waals surface area contributed by atoms with E-state index in [-0.39, 0.29) is 6.03 Å². The number of anilines is 1. The monoisotopic (exact) mass is 307 g/mol. The largest absolute Gasteiger partial charge is 0.472 e. The van der Waals surface area contributed by atoms with Crippen LogP contribution in [0.15, 0.2) is 65.6 Å². The van der Waals surface area contributed by atoms with Gasteiger partial charge < -0.3 is 15.1 Å². The molecule has 0 spiro atoms. The van der Waals surface area contributed by atoms with Crippen molar-refractivity contribution in [1.29, 1.82) is 0 Å². The normalized spacial score (nSPS) is 10.3. The third-order valence-corrected chi connectivity index (χ3v) is 3.49. The van der Waals surface area contributed by atoms with Gasteiger partial charge in [0.25, 0.3) is 0 Å². The fourth-order valence-electron chi connectivity index (χ4n) is 2.17. The molecule has 23 heavy (non-hydrogen) atoms. The van der Waals surface area contributed by atoms with E-state index in [1.54, 1.807) is 18.7 Å². The Bertz CT molecular complexity index is 780.